The molecule has 1 aromatic heterocycles. The summed E-state index contributed by atoms with van der Waals surface area (Å²) < 4.78 is 1.67. The van der Waals surface area contributed by atoms with E-state index < -0.39 is 0 Å². The fourth-order valence-electron chi connectivity index (χ4n) is 2.65. The Hall–Kier alpha value is -1.58. The van der Waals surface area contributed by atoms with Gasteiger partial charge in [0.1, 0.15) is 11.4 Å². The molecular weight excluding hydrogens is 192 g/mol. The van der Waals surface area contributed by atoms with Gasteiger partial charge in [-0.3, -0.25) is 14.2 Å². The number of amides is 1. The van der Waals surface area contributed by atoms with Gasteiger partial charge in [-0.2, -0.15) is 0 Å². The molecule has 2 heterocycles. The first-order valence-corrected chi connectivity index (χ1v) is 5.17. The zero-order valence-corrected chi connectivity index (χ0v) is 8.56. The SMILES string of the molecule is CN1C(=O)c2cccc(=O)n2C12CCC2. The van der Waals surface area contributed by atoms with Gasteiger partial charge in [-0.1, -0.05) is 6.07 Å². The molecule has 0 saturated heterocycles. The summed E-state index contributed by atoms with van der Waals surface area (Å²) in [6, 6.07) is 4.90. The van der Waals surface area contributed by atoms with E-state index in [9.17, 15) is 9.59 Å². The number of aromatic nitrogens is 1. The predicted octanol–water partition coefficient (Wildman–Crippen LogP) is 0.771. The lowest BCUT2D eigenvalue weighted by Crippen LogP contribution is -2.52. The molecule has 1 saturated carbocycles. The van der Waals surface area contributed by atoms with Crippen LogP contribution in [0.4, 0.5) is 0 Å². The highest BCUT2D eigenvalue weighted by molar-refractivity contribution is 5.95. The molecule has 0 aromatic carbocycles. The number of nitrogens with zero attached hydrogens (tertiary/aromatic N) is 2. The maximum Gasteiger partial charge on any atom is 0.272 e. The Morgan fingerprint density at radius 2 is 2.00 bits per heavy atom. The van der Waals surface area contributed by atoms with Crippen molar-refractivity contribution in [2.24, 2.45) is 0 Å². The highest BCUT2D eigenvalue weighted by atomic mass is 16.2. The van der Waals surface area contributed by atoms with Crippen molar-refractivity contribution in [3.05, 3.63) is 34.2 Å². The lowest BCUT2D eigenvalue weighted by molar-refractivity contribution is -0.00109. The van der Waals surface area contributed by atoms with Gasteiger partial charge in [0, 0.05) is 13.1 Å². The van der Waals surface area contributed by atoms with E-state index >= 15 is 0 Å². The first-order chi connectivity index (χ1) is 7.17. The fourth-order valence-corrected chi connectivity index (χ4v) is 2.65. The topological polar surface area (TPSA) is 42.3 Å². The van der Waals surface area contributed by atoms with Crippen molar-refractivity contribution < 1.29 is 4.79 Å². The van der Waals surface area contributed by atoms with E-state index in [1.807, 2.05) is 0 Å². The third kappa shape index (κ3) is 0.825. The number of carbonyl (C=O) groups excluding carboxylic acids is 1. The lowest BCUT2D eigenvalue weighted by Gasteiger charge is -2.44. The van der Waals surface area contributed by atoms with Crippen LogP contribution >= 0.6 is 0 Å². The molecule has 78 valence electrons. The summed E-state index contributed by atoms with van der Waals surface area (Å²) in [6.45, 7) is 0. The van der Waals surface area contributed by atoms with Crippen LogP contribution in [-0.2, 0) is 5.66 Å². The van der Waals surface area contributed by atoms with Crippen LogP contribution in [0.3, 0.4) is 0 Å². The second-order valence-electron chi connectivity index (χ2n) is 4.28. The van der Waals surface area contributed by atoms with Crippen molar-refractivity contribution in [2.75, 3.05) is 7.05 Å². The van der Waals surface area contributed by atoms with Crippen LogP contribution in [0, 0.1) is 0 Å². The Morgan fingerprint density at radius 3 is 2.60 bits per heavy atom. The molecule has 1 amide bonds. The minimum Gasteiger partial charge on any atom is -0.317 e. The molecule has 0 N–H and O–H groups in total. The number of carbonyl (C=O) groups is 1. The number of hydrogen-bond donors (Lipinski definition) is 0. The van der Waals surface area contributed by atoms with Crippen molar-refractivity contribution in [2.45, 2.75) is 24.9 Å². The fraction of sp³-hybridized carbons (Fsp3) is 0.455. The standard InChI is InChI=1S/C11H12N2O2/c1-12-10(15)8-4-2-5-9(14)13(8)11(12)6-3-7-11/h2,4-5H,3,6-7H2,1H3. The highest BCUT2D eigenvalue weighted by Crippen LogP contribution is 2.45. The molecule has 4 nitrogen and oxygen atoms in total. The van der Waals surface area contributed by atoms with E-state index in [2.05, 4.69) is 0 Å². The minimum atomic E-state index is -0.342. The maximum absolute atomic E-state index is 11.9. The van der Waals surface area contributed by atoms with Crippen molar-refractivity contribution in [3.8, 4) is 0 Å². The zero-order chi connectivity index (χ0) is 10.6. The van der Waals surface area contributed by atoms with Gasteiger partial charge in [-0.15, -0.1) is 0 Å². The summed E-state index contributed by atoms with van der Waals surface area (Å²) in [5, 5.41) is 0. The molecular formula is C11H12N2O2. The smallest absolute Gasteiger partial charge is 0.272 e. The molecule has 1 aliphatic carbocycles. The summed E-state index contributed by atoms with van der Waals surface area (Å²) in [4.78, 5) is 25.4. The van der Waals surface area contributed by atoms with Gasteiger partial charge in [-0.05, 0) is 25.3 Å². The Morgan fingerprint density at radius 1 is 1.27 bits per heavy atom. The third-order valence-electron chi connectivity index (χ3n) is 3.67. The van der Waals surface area contributed by atoms with E-state index in [4.69, 9.17) is 0 Å². The van der Waals surface area contributed by atoms with Crippen molar-refractivity contribution in [1.29, 1.82) is 0 Å². The molecule has 0 radical (unpaired) electrons. The van der Waals surface area contributed by atoms with Crippen LogP contribution in [0.25, 0.3) is 0 Å². The number of rotatable bonds is 0. The van der Waals surface area contributed by atoms with Gasteiger partial charge in [0.2, 0.25) is 0 Å². The van der Waals surface area contributed by atoms with Gasteiger partial charge in [0.05, 0.1) is 0 Å². The second kappa shape index (κ2) is 2.51. The molecule has 1 aromatic rings. The Balaban J connectivity index is 2.33. The second-order valence-corrected chi connectivity index (χ2v) is 4.28. The third-order valence-corrected chi connectivity index (χ3v) is 3.67. The summed E-state index contributed by atoms with van der Waals surface area (Å²) in [6.07, 6.45) is 2.87. The first kappa shape index (κ1) is 8.71. The summed E-state index contributed by atoms with van der Waals surface area (Å²) in [7, 11) is 1.79. The molecule has 0 atom stereocenters. The average Bonchev–Trinajstić information content (AvgIpc) is 2.39. The molecule has 0 unspecified atom stereocenters. The van der Waals surface area contributed by atoms with Crippen LogP contribution < -0.4 is 5.56 Å². The van der Waals surface area contributed by atoms with Gasteiger partial charge in [-0.25, -0.2) is 0 Å². The van der Waals surface area contributed by atoms with Crippen LogP contribution in [-0.4, -0.2) is 22.4 Å². The quantitative estimate of drug-likeness (QED) is 0.626. The summed E-state index contributed by atoms with van der Waals surface area (Å²) in [5.74, 6) is -0.0348. The van der Waals surface area contributed by atoms with Crippen molar-refractivity contribution in [1.82, 2.24) is 9.47 Å². The number of fused-ring (bicyclic) bond motifs is 2. The van der Waals surface area contributed by atoms with Crippen LogP contribution in [0.1, 0.15) is 29.8 Å². The van der Waals surface area contributed by atoms with Gasteiger partial charge >= 0.3 is 0 Å². The number of pyridine rings is 1. The van der Waals surface area contributed by atoms with Gasteiger partial charge in [0.15, 0.2) is 0 Å². The molecule has 1 spiro atoms. The molecule has 4 heteroatoms. The van der Waals surface area contributed by atoms with Gasteiger partial charge < -0.3 is 4.90 Å². The molecule has 0 bridgehead atoms. The van der Waals surface area contributed by atoms with Crippen LogP contribution in [0.15, 0.2) is 23.0 Å². The van der Waals surface area contributed by atoms with Crippen molar-refractivity contribution in [3.63, 3.8) is 0 Å². The molecule has 15 heavy (non-hydrogen) atoms. The molecule has 1 aliphatic heterocycles. The Kier molecular flexibility index (Phi) is 1.45. The summed E-state index contributed by atoms with van der Waals surface area (Å²) >= 11 is 0. The molecule has 2 aliphatic rings. The van der Waals surface area contributed by atoms with Gasteiger partial charge in [0.25, 0.3) is 11.5 Å². The zero-order valence-electron chi connectivity index (χ0n) is 8.56. The van der Waals surface area contributed by atoms with Crippen LogP contribution in [0.2, 0.25) is 0 Å². The van der Waals surface area contributed by atoms with E-state index in [0.29, 0.717) is 5.69 Å². The minimum absolute atomic E-state index is 0.0348. The van der Waals surface area contributed by atoms with E-state index in [0.717, 1.165) is 19.3 Å². The normalized spacial score (nSPS) is 21.7. The monoisotopic (exact) mass is 204 g/mol. The number of hydrogen-bond acceptors (Lipinski definition) is 2. The average molecular weight is 204 g/mol. The highest BCUT2D eigenvalue weighted by Gasteiger charge is 2.51. The molecule has 3 rings (SSSR count). The largest absolute Gasteiger partial charge is 0.317 e. The van der Waals surface area contributed by atoms with Crippen molar-refractivity contribution >= 4 is 5.91 Å². The Bertz CT molecular complexity index is 500. The van der Waals surface area contributed by atoms with E-state index in [1.54, 1.807) is 28.6 Å². The maximum atomic E-state index is 11.9. The Labute approximate surface area is 87.1 Å². The predicted molar refractivity (Wildman–Crippen MR) is 54.6 cm³/mol. The first-order valence-electron chi connectivity index (χ1n) is 5.17. The molecule has 1 fully saturated rings. The van der Waals surface area contributed by atoms with E-state index in [1.165, 1.54) is 6.07 Å². The lowest BCUT2D eigenvalue weighted by atomic mass is 9.84. The summed E-state index contributed by atoms with van der Waals surface area (Å²) in [5.41, 5.74) is 0.125. The van der Waals surface area contributed by atoms with E-state index in [-0.39, 0.29) is 17.1 Å². The van der Waals surface area contributed by atoms with Crippen LogP contribution in [0.5, 0.6) is 0 Å².